The first-order chi connectivity index (χ1) is 14.5. The van der Waals surface area contributed by atoms with Crippen molar-refractivity contribution in [2.45, 2.75) is 30.7 Å². The number of aryl methyl sites for hydroxylation is 1. The first-order valence-corrected chi connectivity index (χ1v) is 10.8. The molecular formula is C19H18ClFN4O5S. The van der Waals surface area contributed by atoms with Crippen LogP contribution in [0.2, 0.25) is 5.02 Å². The number of nitrogens with one attached hydrogen (secondary N) is 2. The highest BCUT2D eigenvalue weighted by atomic mass is 35.5. The summed E-state index contributed by atoms with van der Waals surface area (Å²) < 4.78 is 48.2. The summed E-state index contributed by atoms with van der Waals surface area (Å²) in [6.45, 7) is 3.20. The van der Waals surface area contributed by atoms with E-state index in [1.54, 1.807) is 19.9 Å². The van der Waals surface area contributed by atoms with Crippen molar-refractivity contribution in [3.05, 3.63) is 80.4 Å². The van der Waals surface area contributed by atoms with Gasteiger partial charge in [0.1, 0.15) is 11.9 Å². The first kappa shape index (κ1) is 22.7. The van der Waals surface area contributed by atoms with Crippen LogP contribution in [0.3, 0.4) is 0 Å². The zero-order valence-electron chi connectivity index (χ0n) is 16.3. The van der Waals surface area contributed by atoms with Gasteiger partial charge in [-0.3, -0.25) is 4.79 Å². The summed E-state index contributed by atoms with van der Waals surface area (Å²) in [7, 11) is -4.42. The summed E-state index contributed by atoms with van der Waals surface area (Å²) in [6.07, 6.45) is 0. The van der Waals surface area contributed by atoms with E-state index in [2.05, 4.69) is 14.9 Å². The smallest absolute Gasteiger partial charge is 0.391 e. The number of sulfonamides is 1. The Morgan fingerprint density at radius 2 is 2.03 bits per heavy atom. The zero-order valence-corrected chi connectivity index (χ0v) is 17.9. The number of nitrogens with zero attached hydrogens (tertiary/aromatic N) is 1. The molecule has 3 rings (SSSR count). The van der Waals surface area contributed by atoms with E-state index in [-0.39, 0.29) is 22.0 Å². The Morgan fingerprint density at radius 1 is 1.32 bits per heavy atom. The molecule has 12 heteroatoms. The molecule has 3 aromatic rings. The molecule has 2 aromatic carbocycles. The normalized spacial score (nSPS) is 13.7. The Morgan fingerprint density at radius 3 is 2.61 bits per heavy atom. The number of carbonyl (C=O) groups is 1. The molecular weight excluding hydrogens is 451 g/mol. The molecule has 1 aromatic heterocycles. The molecule has 0 spiro atoms. The Hall–Kier alpha value is -3.02. The first-order valence-electron chi connectivity index (χ1n) is 8.93. The zero-order chi connectivity index (χ0) is 22.9. The lowest BCUT2D eigenvalue weighted by Gasteiger charge is -2.24. The van der Waals surface area contributed by atoms with Gasteiger partial charge in [-0.2, -0.15) is 4.72 Å². The summed E-state index contributed by atoms with van der Waals surface area (Å²) in [4.78, 5) is 22.8. The molecule has 1 heterocycles. The van der Waals surface area contributed by atoms with E-state index in [0.717, 1.165) is 12.1 Å². The third kappa shape index (κ3) is 4.68. The molecule has 0 bridgehead atoms. The van der Waals surface area contributed by atoms with E-state index in [1.165, 1.54) is 18.2 Å². The van der Waals surface area contributed by atoms with Crippen LogP contribution < -0.4 is 16.2 Å². The van der Waals surface area contributed by atoms with Crippen molar-refractivity contribution in [2.24, 2.45) is 5.73 Å². The van der Waals surface area contributed by atoms with Crippen LogP contribution in [-0.2, 0) is 10.0 Å². The number of primary amides is 1. The number of nitrogens with two attached hydrogens (primary N) is 1. The van der Waals surface area contributed by atoms with Gasteiger partial charge in [-0.1, -0.05) is 30.7 Å². The fourth-order valence-electron chi connectivity index (χ4n) is 3.29. The molecule has 0 aliphatic heterocycles. The van der Waals surface area contributed by atoms with Crippen LogP contribution in [0.25, 0.3) is 0 Å². The molecule has 31 heavy (non-hydrogen) atoms. The van der Waals surface area contributed by atoms with Crippen LogP contribution in [0, 0.1) is 12.7 Å². The number of H-pyrrole nitrogens is 1. The number of halogens is 2. The van der Waals surface area contributed by atoms with Gasteiger partial charge in [0.25, 0.3) is 0 Å². The third-order valence-electron chi connectivity index (χ3n) is 4.73. The van der Waals surface area contributed by atoms with Crippen molar-refractivity contribution in [3.8, 4) is 0 Å². The summed E-state index contributed by atoms with van der Waals surface area (Å²) >= 11 is 5.85. The summed E-state index contributed by atoms with van der Waals surface area (Å²) in [5.74, 6) is -3.66. The lowest BCUT2D eigenvalue weighted by Crippen LogP contribution is -2.34. The third-order valence-corrected chi connectivity index (χ3v) is 6.46. The lowest BCUT2D eigenvalue weighted by atomic mass is 9.90. The van der Waals surface area contributed by atoms with E-state index in [4.69, 9.17) is 21.8 Å². The number of amides is 1. The molecule has 2 unspecified atom stereocenters. The maximum Gasteiger partial charge on any atom is 0.434 e. The highest BCUT2D eigenvalue weighted by molar-refractivity contribution is 7.89. The minimum absolute atomic E-state index is 0.109. The average molecular weight is 469 g/mol. The quantitative estimate of drug-likeness (QED) is 0.484. The van der Waals surface area contributed by atoms with Crippen LogP contribution in [0.15, 0.2) is 50.5 Å². The molecule has 2 atom stereocenters. The molecule has 9 nitrogen and oxygen atoms in total. The molecule has 0 saturated heterocycles. The van der Waals surface area contributed by atoms with Crippen LogP contribution in [0.5, 0.6) is 0 Å². The minimum Gasteiger partial charge on any atom is -0.391 e. The number of hydrogen-bond acceptors (Lipinski definition) is 6. The summed E-state index contributed by atoms with van der Waals surface area (Å²) in [5.41, 5.74) is 5.72. The van der Waals surface area contributed by atoms with E-state index in [0.29, 0.717) is 5.56 Å². The number of rotatable bonds is 7. The van der Waals surface area contributed by atoms with Crippen LogP contribution in [-0.4, -0.2) is 24.5 Å². The minimum atomic E-state index is -4.42. The number of aromatic nitrogens is 2. The van der Waals surface area contributed by atoms with Crippen molar-refractivity contribution in [1.82, 2.24) is 14.9 Å². The van der Waals surface area contributed by atoms with Crippen molar-refractivity contribution in [3.63, 3.8) is 0 Å². The van der Waals surface area contributed by atoms with Crippen LogP contribution in [0.4, 0.5) is 4.39 Å². The molecule has 164 valence electrons. The molecule has 4 N–H and O–H groups in total. The van der Waals surface area contributed by atoms with Gasteiger partial charge in [-0.25, -0.2) is 22.7 Å². The maximum absolute atomic E-state index is 14.6. The van der Waals surface area contributed by atoms with Gasteiger partial charge >= 0.3 is 5.76 Å². The Balaban J connectivity index is 2.12. The monoisotopic (exact) mass is 468 g/mol. The summed E-state index contributed by atoms with van der Waals surface area (Å²) in [6, 6.07) is 6.61. The molecule has 0 saturated carbocycles. The van der Waals surface area contributed by atoms with Gasteiger partial charge in [-0.15, -0.1) is 5.10 Å². The van der Waals surface area contributed by atoms with Gasteiger partial charge in [0.15, 0.2) is 0 Å². The molecule has 1 amide bonds. The summed E-state index contributed by atoms with van der Waals surface area (Å²) in [5, 5.41) is 5.87. The van der Waals surface area contributed by atoms with E-state index < -0.39 is 44.4 Å². The van der Waals surface area contributed by atoms with Crippen molar-refractivity contribution >= 4 is 27.5 Å². The second-order valence-corrected chi connectivity index (χ2v) is 8.93. The van der Waals surface area contributed by atoms with E-state index in [1.807, 2.05) is 0 Å². The largest absolute Gasteiger partial charge is 0.434 e. The SMILES string of the molecule is Cc1cccc(F)c1C(C)C(NS(=O)(=O)c1ccc(Cl)cc1C(N)=O)c1n[nH]c(=O)o1. The fraction of sp³-hybridized carbons (Fsp3) is 0.211. The predicted molar refractivity (Wildman–Crippen MR) is 110 cm³/mol. The average Bonchev–Trinajstić information content (AvgIpc) is 3.11. The highest BCUT2D eigenvalue weighted by Gasteiger charge is 2.34. The maximum atomic E-state index is 14.6. The lowest BCUT2D eigenvalue weighted by molar-refractivity contribution is 0.0997. The van der Waals surface area contributed by atoms with Crippen molar-refractivity contribution < 1.29 is 22.0 Å². The Labute approximate surface area is 181 Å². The number of hydrogen-bond donors (Lipinski definition) is 3. The standard InChI is InChI=1S/C19H18ClFN4O5S/c1-9-4-3-5-13(21)15(9)10(2)16(18-23-24-19(27)30-18)25-31(28,29)14-7-6-11(20)8-12(14)17(22)26/h3-8,10,16,25H,1-2H3,(H2,22,26)(H,24,27). The highest BCUT2D eigenvalue weighted by Crippen LogP contribution is 2.34. The second-order valence-electron chi connectivity index (χ2n) is 6.81. The van der Waals surface area contributed by atoms with E-state index >= 15 is 0 Å². The number of aromatic amines is 1. The molecule has 0 radical (unpaired) electrons. The van der Waals surface area contributed by atoms with Crippen LogP contribution in [0.1, 0.15) is 46.3 Å². The van der Waals surface area contributed by atoms with E-state index in [9.17, 15) is 22.4 Å². The topological polar surface area (TPSA) is 148 Å². The predicted octanol–water partition coefficient (Wildman–Crippen LogP) is 2.39. The fourth-order valence-corrected chi connectivity index (χ4v) is 4.92. The Bertz CT molecular complexity index is 1280. The molecule has 0 fully saturated rings. The van der Waals surface area contributed by atoms with Gasteiger partial charge in [0.05, 0.1) is 10.5 Å². The van der Waals surface area contributed by atoms with Gasteiger partial charge in [-0.05, 0) is 42.3 Å². The van der Waals surface area contributed by atoms with Gasteiger partial charge in [0.2, 0.25) is 21.8 Å². The van der Waals surface area contributed by atoms with Crippen molar-refractivity contribution in [1.29, 1.82) is 0 Å². The molecule has 0 aliphatic rings. The Kier molecular flexibility index (Phi) is 6.30. The second kappa shape index (κ2) is 8.61. The molecule has 0 aliphatic carbocycles. The van der Waals surface area contributed by atoms with Gasteiger partial charge < -0.3 is 10.2 Å². The van der Waals surface area contributed by atoms with Gasteiger partial charge in [0, 0.05) is 10.9 Å². The number of benzene rings is 2. The van der Waals surface area contributed by atoms with Crippen LogP contribution >= 0.6 is 11.6 Å². The van der Waals surface area contributed by atoms with Crippen molar-refractivity contribution in [2.75, 3.05) is 0 Å². The number of carbonyl (C=O) groups excluding carboxylic acids is 1.